The molecular weight excluding hydrogens is 308 g/mol. The van der Waals surface area contributed by atoms with E-state index >= 15 is 0 Å². The van der Waals surface area contributed by atoms with Crippen LogP contribution in [0.2, 0.25) is 0 Å². The summed E-state index contributed by atoms with van der Waals surface area (Å²) in [5.41, 5.74) is -0.552. The number of hydrogen-bond acceptors (Lipinski definition) is 5. The number of benzene rings is 1. The lowest BCUT2D eigenvalue weighted by Gasteiger charge is -2.53. The van der Waals surface area contributed by atoms with Gasteiger partial charge in [-0.15, -0.1) is 0 Å². The van der Waals surface area contributed by atoms with E-state index in [9.17, 15) is 14.7 Å². The number of amides is 1. The number of esters is 1. The molecule has 24 heavy (non-hydrogen) atoms. The predicted molar refractivity (Wildman–Crippen MR) is 88.1 cm³/mol. The van der Waals surface area contributed by atoms with Crippen LogP contribution in [0.15, 0.2) is 30.3 Å². The first kappa shape index (κ1) is 16.9. The molecule has 1 aromatic rings. The molecule has 2 N–H and O–H groups in total. The monoisotopic (exact) mass is 332 g/mol. The van der Waals surface area contributed by atoms with Gasteiger partial charge in [-0.05, 0) is 18.9 Å². The number of likely N-dealkylation sites (tertiary alicyclic amines) is 1. The van der Waals surface area contributed by atoms with Gasteiger partial charge in [-0.25, -0.2) is 0 Å². The Balaban J connectivity index is 1.79. The second-order valence-corrected chi connectivity index (χ2v) is 6.35. The highest BCUT2D eigenvalue weighted by Gasteiger charge is 2.69. The van der Waals surface area contributed by atoms with E-state index in [0.717, 1.165) is 12.0 Å². The SMILES string of the molecule is CCOC(=O)CCN1C(=O)[C@](O)([C@@H]2N[C@H]2CC)[C@@H]1c1ccccc1. The summed E-state index contributed by atoms with van der Waals surface area (Å²) >= 11 is 0. The zero-order chi connectivity index (χ0) is 17.3. The number of nitrogens with one attached hydrogen (secondary N) is 1. The van der Waals surface area contributed by atoms with Crippen LogP contribution >= 0.6 is 0 Å². The van der Waals surface area contributed by atoms with Gasteiger partial charge in [0.25, 0.3) is 5.91 Å². The maximum Gasteiger partial charge on any atom is 0.307 e. The Morgan fingerprint density at radius 2 is 2.04 bits per heavy atom. The van der Waals surface area contributed by atoms with Crippen molar-refractivity contribution in [1.29, 1.82) is 0 Å². The standard InChI is InChI=1S/C18H24N2O4/c1-3-13-15(19-13)18(23)16(12-8-6-5-7-9-12)20(17(18)22)11-10-14(21)24-4-2/h5-9,13,15-16,19,23H,3-4,10-11H2,1-2H3/t13-,15+,16-,18-/m0/s1. The summed E-state index contributed by atoms with van der Waals surface area (Å²) in [5.74, 6) is -0.641. The Morgan fingerprint density at radius 3 is 2.62 bits per heavy atom. The number of β-lactam (4-membered cyclic amide) rings is 1. The van der Waals surface area contributed by atoms with Gasteiger partial charge in [0.1, 0.15) is 0 Å². The second kappa shape index (κ2) is 6.53. The molecule has 0 saturated carbocycles. The van der Waals surface area contributed by atoms with Crippen molar-refractivity contribution >= 4 is 11.9 Å². The van der Waals surface area contributed by atoms with E-state index in [1.807, 2.05) is 37.3 Å². The van der Waals surface area contributed by atoms with Crippen LogP contribution in [0, 0.1) is 0 Å². The number of ether oxygens (including phenoxy) is 1. The highest BCUT2D eigenvalue weighted by Crippen LogP contribution is 2.49. The maximum absolute atomic E-state index is 12.7. The number of carbonyl (C=O) groups is 2. The lowest BCUT2D eigenvalue weighted by atomic mass is 9.74. The first-order valence-electron chi connectivity index (χ1n) is 8.54. The molecule has 2 aliphatic heterocycles. The summed E-state index contributed by atoms with van der Waals surface area (Å²) in [7, 11) is 0. The van der Waals surface area contributed by atoms with Gasteiger partial charge in [0.05, 0.1) is 25.1 Å². The summed E-state index contributed by atoms with van der Waals surface area (Å²) < 4.78 is 4.93. The van der Waals surface area contributed by atoms with Gasteiger partial charge in [0.15, 0.2) is 5.60 Å². The van der Waals surface area contributed by atoms with Crippen LogP contribution in [0.3, 0.4) is 0 Å². The number of aliphatic hydroxyl groups is 1. The first-order chi connectivity index (χ1) is 11.5. The number of carbonyl (C=O) groups excluding carboxylic acids is 2. The largest absolute Gasteiger partial charge is 0.466 e. The van der Waals surface area contributed by atoms with Crippen molar-refractivity contribution < 1.29 is 19.4 Å². The fourth-order valence-corrected chi connectivity index (χ4v) is 3.65. The average Bonchev–Trinajstić information content (AvgIpc) is 3.38. The predicted octanol–water partition coefficient (Wildman–Crippen LogP) is 1.00. The molecule has 6 heteroatoms. The minimum Gasteiger partial charge on any atom is -0.466 e. The maximum atomic E-state index is 12.7. The molecule has 0 spiro atoms. The molecule has 6 nitrogen and oxygen atoms in total. The summed E-state index contributed by atoms with van der Waals surface area (Å²) in [4.78, 5) is 25.9. The van der Waals surface area contributed by atoms with Gasteiger partial charge in [-0.3, -0.25) is 9.59 Å². The molecule has 3 rings (SSSR count). The quantitative estimate of drug-likeness (QED) is 0.442. The minimum atomic E-state index is -1.43. The van der Waals surface area contributed by atoms with Crippen molar-refractivity contribution in [2.45, 2.75) is 50.4 Å². The summed E-state index contributed by atoms with van der Waals surface area (Å²) in [6, 6.07) is 8.99. The molecule has 2 saturated heterocycles. The molecule has 0 aromatic heterocycles. The molecule has 0 aliphatic carbocycles. The van der Waals surface area contributed by atoms with Crippen molar-refractivity contribution in [1.82, 2.24) is 10.2 Å². The van der Waals surface area contributed by atoms with Crippen LogP contribution < -0.4 is 5.32 Å². The van der Waals surface area contributed by atoms with Crippen LogP contribution in [0.5, 0.6) is 0 Å². The van der Waals surface area contributed by atoms with Crippen molar-refractivity contribution in [3.05, 3.63) is 35.9 Å². The summed E-state index contributed by atoms with van der Waals surface area (Å²) in [5, 5.41) is 14.3. The third kappa shape index (κ3) is 2.70. The molecule has 0 bridgehead atoms. The van der Waals surface area contributed by atoms with Crippen molar-refractivity contribution in [2.75, 3.05) is 13.2 Å². The van der Waals surface area contributed by atoms with Gasteiger partial charge in [0.2, 0.25) is 0 Å². The minimum absolute atomic E-state index is 0.133. The Morgan fingerprint density at radius 1 is 1.33 bits per heavy atom. The molecule has 130 valence electrons. The van der Waals surface area contributed by atoms with Gasteiger partial charge in [-0.1, -0.05) is 37.3 Å². The molecule has 1 amide bonds. The molecule has 0 radical (unpaired) electrons. The van der Waals surface area contributed by atoms with Crippen LogP contribution in [-0.2, 0) is 14.3 Å². The second-order valence-electron chi connectivity index (χ2n) is 6.35. The van der Waals surface area contributed by atoms with Crippen LogP contribution in [0.4, 0.5) is 0 Å². The Hall–Kier alpha value is -1.92. The zero-order valence-corrected chi connectivity index (χ0v) is 14.1. The lowest BCUT2D eigenvalue weighted by molar-refractivity contribution is -0.194. The Labute approximate surface area is 141 Å². The lowest BCUT2D eigenvalue weighted by Crippen LogP contribution is -2.72. The van der Waals surface area contributed by atoms with Gasteiger partial charge in [0, 0.05) is 12.6 Å². The van der Waals surface area contributed by atoms with E-state index in [2.05, 4.69) is 5.32 Å². The molecule has 4 atom stereocenters. The number of rotatable bonds is 7. The van der Waals surface area contributed by atoms with Gasteiger partial charge in [-0.2, -0.15) is 0 Å². The third-order valence-electron chi connectivity index (χ3n) is 4.91. The van der Waals surface area contributed by atoms with Gasteiger partial charge >= 0.3 is 5.97 Å². The molecule has 2 fully saturated rings. The first-order valence-corrected chi connectivity index (χ1v) is 8.54. The Bertz CT molecular complexity index is 621. The molecule has 2 heterocycles. The van der Waals surface area contributed by atoms with E-state index in [1.54, 1.807) is 11.8 Å². The van der Waals surface area contributed by atoms with Crippen molar-refractivity contribution in [2.24, 2.45) is 0 Å². The van der Waals surface area contributed by atoms with Crippen molar-refractivity contribution in [3.63, 3.8) is 0 Å². The topological polar surface area (TPSA) is 88.8 Å². The summed E-state index contributed by atoms with van der Waals surface area (Å²) in [6.45, 7) is 4.36. The summed E-state index contributed by atoms with van der Waals surface area (Å²) in [6.07, 6.45) is 0.999. The van der Waals surface area contributed by atoms with E-state index in [0.29, 0.717) is 6.61 Å². The van der Waals surface area contributed by atoms with E-state index in [4.69, 9.17) is 4.74 Å². The smallest absolute Gasteiger partial charge is 0.307 e. The van der Waals surface area contributed by atoms with E-state index in [-0.39, 0.29) is 36.9 Å². The normalized spacial score (nSPS) is 31.5. The van der Waals surface area contributed by atoms with Crippen LogP contribution in [0.25, 0.3) is 0 Å². The third-order valence-corrected chi connectivity index (χ3v) is 4.91. The van der Waals surface area contributed by atoms with E-state index in [1.165, 1.54) is 0 Å². The fraction of sp³-hybridized carbons (Fsp3) is 0.556. The number of nitrogens with zero attached hydrogens (tertiary/aromatic N) is 1. The van der Waals surface area contributed by atoms with Crippen molar-refractivity contribution in [3.8, 4) is 0 Å². The molecule has 2 aliphatic rings. The molecule has 1 aromatic carbocycles. The highest BCUT2D eigenvalue weighted by molar-refractivity contribution is 5.95. The van der Waals surface area contributed by atoms with Crippen LogP contribution in [0.1, 0.15) is 38.3 Å². The fourth-order valence-electron chi connectivity index (χ4n) is 3.65. The molecular formula is C18H24N2O4. The zero-order valence-electron chi connectivity index (χ0n) is 14.1. The number of hydrogen-bond donors (Lipinski definition) is 2. The average molecular weight is 332 g/mol. The van der Waals surface area contributed by atoms with E-state index < -0.39 is 11.6 Å². The van der Waals surface area contributed by atoms with Gasteiger partial charge < -0.3 is 20.1 Å². The Kier molecular flexibility index (Phi) is 4.60. The van der Waals surface area contributed by atoms with Crippen LogP contribution in [-0.4, -0.2) is 52.7 Å². The highest BCUT2D eigenvalue weighted by atomic mass is 16.5. The molecule has 0 unspecified atom stereocenters.